The van der Waals surface area contributed by atoms with Gasteiger partial charge in [-0.05, 0) is 49.6 Å². The van der Waals surface area contributed by atoms with Crippen LogP contribution in [0.1, 0.15) is 27.0 Å². The smallest absolute Gasteiger partial charge is 0.177 e. The predicted molar refractivity (Wildman–Crippen MR) is 55.7 cm³/mol. The molecule has 0 spiro atoms. The second kappa shape index (κ2) is 3.93. The summed E-state index contributed by atoms with van der Waals surface area (Å²) in [6.45, 7) is 6.07. The van der Waals surface area contributed by atoms with Crippen molar-refractivity contribution in [2.24, 2.45) is 0 Å². The molecular weight excluding hydrogens is 184 g/mol. The second-order valence-electron chi connectivity index (χ2n) is 3.29. The van der Waals surface area contributed by atoms with Gasteiger partial charge in [0.2, 0.25) is 0 Å². The van der Waals surface area contributed by atoms with Gasteiger partial charge in [0.25, 0.3) is 0 Å². The van der Waals surface area contributed by atoms with Crippen LogP contribution in [0.4, 0.5) is 0 Å². The van der Waals surface area contributed by atoms with Gasteiger partial charge < -0.3 is 0 Å². The third kappa shape index (κ3) is 2.10. The summed E-state index contributed by atoms with van der Waals surface area (Å²) in [6.07, 6.45) is 0. The standard InChI is InChI=1S/C11H13ClO/c1-7-4-10(11(13)6-12)5-8(2)9(7)3/h4-5H,6H2,1-3H3. The van der Waals surface area contributed by atoms with Crippen LogP contribution in [0.25, 0.3) is 0 Å². The SMILES string of the molecule is Cc1cc(C(=O)CCl)cc(C)c1C. The van der Waals surface area contributed by atoms with Crippen LogP contribution in [0.2, 0.25) is 0 Å². The van der Waals surface area contributed by atoms with Crippen molar-refractivity contribution >= 4 is 17.4 Å². The van der Waals surface area contributed by atoms with E-state index in [-0.39, 0.29) is 11.7 Å². The lowest BCUT2D eigenvalue weighted by atomic mass is 9.99. The highest BCUT2D eigenvalue weighted by atomic mass is 35.5. The van der Waals surface area contributed by atoms with Gasteiger partial charge in [-0.1, -0.05) is 0 Å². The minimum atomic E-state index is -0.00660. The van der Waals surface area contributed by atoms with Crippen LogP contribution in [-0.4, -0.2) is 11.7 Å². The molecule has 2 heteroatoms. The number of halogens is 1. The molecule has 0 aliphatic heterocycles. The number of benzene rings is 1. The lowest BCUT2D eigenvalue weighted by molar-refractivity contribution is 0.102. The molecule has 0 fully saturated rings. The summed E-state index contributed by atoms with van der Waals surface area (Å²) in [5, 5.41) is 0. The van der Waals surface area contributed by atoms with Gasteiger partial charge in [0.1, 0.15) is 0 Å². The van der Waals surface area contributed by atoms with E-state index in [1.54, 1.807) is 0 Å². The van der Waals surface area contributed by atoms with Crippen LogP contribution in [0.5, 0.6) is 0 Å². The molecular formula is C11H13ClO. The molecule has 0 aliphatic rings. The molecule has 1 aromatic carbocycles. The third-order valence-corrected chi connectivity index (χ3v) is 2.61. The summed E-state index contributed by atoms with van der Waals surface area (Å²) >= 11 is 5.48. The van der Waals surface area contributed by atoms with E-state index in [1.807, 2.05) is 26.0 Å². The van der Waals surface area contributed by atoms with Crippen molar-refractivity contribution in [1.29, 1.82) is 0 Å². The molecule has 1 nitrogen and oxygen atoms in total. The Morgan fingerprint density at radius 1 is 1.23 bits per heavy atom. The Morgan fingerprint density at radius 2 is 1.69 bits per heavy atom. The Balaban J connectivity index is 3.20. The van der Waals surface area contributed by atoms with E-state index in [1.165, 1.54) is 5.56 Å². The Labute approximate surface area is 83.7 Å². The molecule has 0 atom stereocenters. The molecule has 1 rings (SSSR count). The van der Waals surface area contributed by atoms with Crippen LogP contribution < -0.4 is 0 Å². The summed E-state index contributed by atoms with van der Waals surface area (Å²) in [5.74, 6) is 0.0509. The first-order valence-corrected chi connectivity index (χ1v) is 4.76. The van der Waals surface area contributed by atoms with Crippen LogP contribution in [0.3, 0.4) is 0 Å². The molecule has 1 aromatic rings. The van der Waals surface area contributed by atoms with Gasteiger partial charge in [-0.3, -0.25) is 4.79 Å². The molecule has 0 aliphatic carbocycles. The van der Waals surface area contributed by atoms with Crippen LogP contribution in [0, 0.1) is 20.8 Å². The number of rotatable bonds is 2. The second-order valence-corrected chi connectivity index (χ2v) is 3.56. The zero-order valence-electron chi connectivity index (χ0n) is 8.15. The Kier molecular flexibility index (Phi) is 3.10. The minimum absolute atomic E-state index is 0.00660. The van der Waals surface area contributed by atoms with E-state index in [4.69, 9.17) is 11.6 Å². The summed E-state index contributed by atoms with van der Waals surface area (Å²) in [6, 6.07) is 3.79. The zero-order chi connectivity index (χ0) is 10.0. The highest BCUT2D eigenvalue weighted by molar-refractivity contribution is 6.30. The fraction of sp³-hybridized carbons (Fsp3) is 0.364. The number of aryl methyl sites for hydroxylation is 2. The summed E-state index contributed by atoms with van der Waals surface area (Å²) in [4.78, 5) is 11.3. The van der Waals surface area contributed by atoms with E-state index in [9.17, 15) is 4.79 Å². The lowest BCUT2D eigenvalue weighted by Gasteiger charge is -2.06. The van der Waals surface area contributed by atoms with Crippen LogP contribution >= 0.6 is 11.6 Å². The molecule has 0 bridgehead atoms. The molecule has 0 saturated carbocycles. The first kappa shape index (κ1) is 10.3. The molecule has 0 heterocycles. The van der Waals surface area contributed by atoms with Crippen molar-refractivity contribution < 1.29 is 4.79 Å². The maximum Gasteiger partial charge on any atom is 0.177 e. The molecule has 0 amide bonds. The average molecular weight is 197 g/mol. The maximum absolute atomic E-state index is 11.3. The molecule has 0 radical (unpaired) electrons. The van der Waals surface area contributed by atoms with Gasteiger partial charge in [-0.15, -0.1) is 11.6 Å². The lowest BCUT2D eigenvalue weighted by Crippen LogP contribution is -2.02. The van der Waals surface area contributed by atoms with E-state index in [2.05, 4.69) is 6.92 Å². The van der Waals surface area contributed by atoms with Crippen molar-refractivity contribution in [2.75, 3.05) is 5.88 Å². The number of Topliss-reactive ketones (excluding diaryl/α,β-unsaturated/α-hetero) is 1. The van der Waals surface area contributed by atoms with E-state index < -0.39 is 0 Å². The van der Waals surface area contributed by atoms with Crippen molar-refractivity contribution in [3.8, 4) is 0 Å². The largest absolute Gasteiger partial charge is 0.293 e. The van der Waals surface area contributed by atoms with Crippen molar-refractivity contribution in [2.45, 2.75) is 20.8 Å². The number of carbonyl (C=O) groups excluding carboxylic acids is 1. The molecule has 0 saturated heterocycles. The summed E-state index contributed by atoms with van der Waals surface area (Å²) < 4.78 is 0. The molecule has 13 heavy (non-hydrogen) atoms. The average Bonchev–Trinajstić information content (AvgIpc) is 2.12. The molecule has 0 aromatic heterocycles. The fourth-order valence-corrected chi connectivity index (χ4v) is 1.43. The van der Waals surface area contributed by atoms with Gasteiger partial charge in [-0.2, -0.15) is 0 Å². The quantitative estimate of drug-likeness (QED) is 0.525. The molecule has 0 unspecified atom stereocenters. The normalized spacial score (nSPS) is 10.2. The Bertz CT molecular complexity index is 319. The van der Waals surface area contributed by atoms with Gasteiger partial charge in [-0.25, -0.2) is 0 Å². The van der Waals surface area contributed by atoms with E-state index in [0.717, 1.165) is 16.7 Å². The number of carbonyl (C=O) groups is 1. The topological polar surface area (TPSA) is 17.1 Å². The molecule has 70 valence electrons. The minimum Gasteiger partial charge on any atom is -0.293 e. The highest BCUT2D eigenvalue weighted by Crippen LogP contribution is 2.15. The molecule has 0 N–H and O–H groups in total. The number of hydrogen-bond acceptors (Lipinski definition) is 1. The number of hydrogen-bond donors (Lipinski definition) is 0. The maximum atomic E-state index is 11.3. The zero-order valence-corrected chi connectivity index (χ0v) is 8.90. The van der Waals surface area contributed by atoms with Crippen molar-refractivity contribution in [1.82, 2.24) is 0 Å². The monoisotopic (exact) mass is 196 g/mol. The highest BCUT2D eigenvalue weighted by Gasteiger charge is 2.06. The summed E-state index contributed by atoms with van der Waals surface area (Å²) in [7, 11) is 0. The first-order valence-electron chi connectivity index (χ1n) is 4.23. The number of alkyl halides is 1. The Hall–Kier alpha value is -0.820. The van der Waals surface area contributed by atoms with Gasteiger partial charge in [0.15, 0.2) is 5.78 Å². The van der Waals surface area contributed by atoms with E-state index >= 15 is 0 Å². The third-order valence-electron chi connectivity index (χ3n) is 2.37. The van der Waals surface area contributed by atoms with Crippen molar-refractivity contribution in [3.63, 3.8) is 0 Å². The fourth-order valence-electron chi connectivity index (χ4n) is 1.27. The number of ketones is 1. The first-order chi connectivity index (χ1) is 6.06. The van der Waals surface area contributed by atoms with Gasteiger partial charge in [0.05, 0.1) is 5.88 Å². The van der Waals surface area contributed by atoms with Gasteiger partial charge in [0, 0.05) is 5.56 Å². The van der Waals surface area contributed by atoms with Gasteiger partial charge >= 0.3 is 0 Å². The summed E-state index contributed by atoms with van der Waals surface area (Å²) in [5.41, 5.74) is 4.25. The predicted octanol–water partition coefficient (Wildman–Crippen LogP) is 3.03. The van der Waals surface area contributed by atoms with Crippen molar-refractivity contribution in [3.05, 3.63) is 34.4 Å². The Morgan fingerprint density at radius 3 is 2.08 bits per heavy atom. The van der Waals surface area contributed by atoms with E-state index in [0.29, 0.717) is 0 Å². The van der Waals surface area contributed by atoms with Crippen LogP contribution in [0.15, 0.2) is 12.1 Å². The van der Waals surface area contributed by atoms with Crippen LogP contribution in [-0.2, 0) is 0 Å².